The van der Waals surface area contributed by atoms with Gasteiger partial charge in [-0.15, -0.1) is 0 Å². The van der Waals surface area contributed by atoms with Crippen molar-refractivity contribution in [1.29, 1.82) is 0 Å². The van der Waals surface area contributed by atoms with E-state index in [9.17, 15) is 4.39 Å². The van der Waals surface area contributed by atoms with E-state index >= 15 is 0 Å². The summed E-state index contributed by atoms with van der Waals surface area (Å²) in [6.45, 7) is 7.36. The van der Waals surface area contributed by atoms with Gasteiger partial charge in [0.2, 0.25) is 0 Å². The molecule has 0 amide bonds. The Kier molecular flexibility index (Phi) is 6.14. The zero-order valence-electron chi connectivity index (χ0n) is 10.8. The Morgan fingerprint density at radius 1 is 1.35 bits per heavy atom. The summed E-state index contributed by atoms with van der Waals surface area (Å²) >= 11 is 3.45. The Labute approximate surface area is 112 Å². The van der Waals surface area contributed by atoms with Crippen molar-refractivity contribution in [2.75, 3.05) is 6.54 Å². The molecule has 1 aromatic carbocycles. The molecule has 0 spiro atoms. The summed E-state index contributed by atoms with van der Waals surface area (Å²) in [5, 5.41) is 3.43. The molecule has 1 atom stereocenters. The summed E-state index contributed by atoms with van der Waals surface area (Å²) in [4.78, 5) is 0. The van der Waals surface area contributed by atoms with E-state index in [1.807, 2.05) is 6.07 Å². The molecule has 0 heterocycles. The Hall–Kier alpha value is -0.410. The van der Waals surface area contributed by atoms with Gasteiger partial charge >= 0.3 is 0 Å². The van der Waals surface area contributed by atoms with Crippen molar-refractivity contribution >= 4 is 15.9 Å². The van der Waals surface area contributed by atoms with Gasteiger partial charge in [0, 0.05) is 16.1 Å². The van der Waals surface area contributed by atoms with Crippen molar-refractivity contribution in [1.82, 2.24) is 5.32 Å². The number of nitrogens with one attached hydrogen (secondary N) is 1. The summed E-state index contributed by atoms with van der Waals surface area (Å²) in [6.07, 6.45) is 2.00. The standard InChI is InChI=1S/C14H21BrFN/c1-4-8-17-13(9-10(2)3)14-11(15)6-5-7-12(14)16/h5-7,10,13,17H,4,8-9H2,1-3H3. The molecule has 0 aliphatic heterocycles. The summed E-state index contributed by atoms with van der Waals surface area (Å²) in [5.41, 5.74) is 0.759. The van der Waals surface area contributed by atoms with Gasteiger partial charge in [0.05, 0.1) is 0 Å². The molecule has 0 aromatic heterocycles. The lowest BCUT2D eigenvalue weighted by atomic mass is 9.96. The monoisotopic (exact) mass is 301 g/mol. The van der Waals surface area contributed by atoms with Gasteiger partial charge in [-0.2, -0.15) is 0 Å². The normalized spacial score (nSPS) is 13.1. The highest BCUT2D eigenvalue weighted by Gasteiger charge is 2.19. The van der Waals surface area contributed by atoms with Crippen molar-refractivity contribution in [3.05, 3.63) is 34.1 Å². The molecule has 0 saturated heterocycles. The van der Waals surface area contributed by atoms with Crippen molar-refractivity contribution < 1.29 is 4.39 Å². The zero-order chi connectivity index (χ0) is 12.8. The smallest absolute Gasteiger partial charge is 0.129 e. The molecule has 1 unspecified atom stereocenters. The lowest BCUT2D eigenvalue weighted by molar-refractivity contribution is 0.415. The first kappa shape index (κ1) is 14.7. The van der Waals surface area contributed by atoms with Crippen LogP contribution < -0.4 is 5.32 Å². The van der Waals surface area contributed by atoms with E-state index in [0.717, 1.165) is 29.4 Å². The summed E-state index contributed by atoms with van der Waals surface area (Å²) in [6, 6.07) is 5.25. The Balaban J connectivity index is 2.94. The number of hydrogen-bond acceptors (Lipinski definition) is 1. The molecular formula is C14H21BrFN. The van der Waals surface area contributed by atoms with Crippen LogP contribution in [-0.2, 0) is 0 Å². The van der Waals surface area contributed by atoms with E-state index in [2.05, 4.69) is 42.0 Å². The highest BCUT2D eigenvalue weighted by atomic mass is 79.9. The lowest BCUT2D eigenvalue weighted by Crippen LogP contribution is -2.24. The lowest BCUT2D eigenvalue weighted by Gasteiger charge is -2.22. The van der Waals surface area contributed by atoms with Crippen molar-refractivity contribution in [3.63, 3.8) is 0 Å². The van der Waals surface area contributed by atoms with Crippen LogP contribution in [0.3, 0.4) is 0 Å². The SMILES string of the molecule is CCCNC(CC(C)C)c1c(F)cccc1Br. The van der Waals surface area contributed by atoms with Gasteiger partial charge in [-0.3, -0.25) is 0 Å². The molecule has 1 aromatic rings. The Bertz CT molecular complexity index is 332. The fourth-order valence-electron chi connectivity index (χ4n) is 1.94. The molecule has 96 valence electrons. The maximum atomic E-state index is 13.9. The fourth-order valence-corrected chi connectivity index (χ4v) is 2.56. The third-order valence-electron chi connectivity index (χ3n) is 2.70. The topological polar surface area (TPSA) is 12.0 Å². The van der Waals surface area contributed by atoms with Crippen LogP contribution in [0.2, 0.25) is 0 Å². The maximum Gasteiger partial charge on any atom is 0.129 e. The molecule has 0 aliphatic rings. The molecular weight excluding hydrogens is 281 g/mol. The predicted molar refractivity (Wildman–Crippen MR) is 74.6 cm³/mol. The zero-order valence-corrected chi connectivity index (χ0v) is 12.3. The third-order valence-corrected chi connectivity index (χ3v) is 3.39. The minimum atomic E-state index is -0.131. The summed E-state index contributed by atoms with van der Waals surface area (Å²) in [5.74, 6) is 0.407. The van der Waals surface area contributed by atoms with Gasteiger partial charge in [-0.05, 0) is 37.4 Å². The van der Waals surface area contributed by atoms with E-state index in [1.54, 1.807) is 6.07 Å². The minimum absolute atomic E-state index is 0.0884. The first-order valence-electron chi connectivity index (χ1n) is 6.23. The molecule has 0 radical (unpaired) electrons. The molecule has 17 heavy (non-hydrogen) atoms. The highest BCUT2D eigenvalue weighted by Crippen LogP contribution is 2.30. The molecule has 0 fully saturated rings. The van der Waals surface area contributed by atoms with Gasteiger partial charge in [0.1, 0.15) is 5.82 Å². The van der Waals surface area contributed by atoms with Crippen molar-refractivity contribution in [3.8, 4) is 0 Å². The first-order valence-corrected chi connectivity index (χ1v) is 7.02. The van der Waals surface area contributed by atoms with Crippen LogP contribution in [0.15, 0.2) is 22.7 Å². The quantitative estimate of drug-likeness (QED) is 0.805. The number of rotatable bonds is 6. The molecule has 1 rings (SSSR count). The molecule has 0 saturated carbocycles. The second-order valence-electron chi connectivity index (χ2n) is 4.77. The molecule has 1 N–H and O–H groups in total. The number of hydrogen-bond donors (Lipinski definition) is 1. The highest BCUT2D eigenvalue weighted by molar-refractivity contribution is 9.10. The largest absolute Gasteiger partial charge is 0.310 e. The first-order chi connectivity index (χ1) is 8.06. The Morgan fingerprint density at radius 2 is 2.06 bits per heavy atom. The number of halogens is 2. The average Bonchev–Trinajstić information content (AvgIpc) is 2.24. The van der Waals surface area contributed by atoms with Gasteiger partial charge in [0.25, 0.3) is 0 Å². The van der Waals surface area contributed by atoms with Gasteiger partial charge in [-0.1, -0.05) is 42.8 Å². The van der Waals surface area contributed by atoms with Gasteiger partial charge in [0.15, 0.2) is 0 Å². The third kappa shape index (κ3) is 4.40. The maximum absolute atomic E-state index is 13.9. The van der Waals surface area contributed by atoms with Gasteiger partial charge < -0.3 is 5.32 Å². The summed E-state index contributed by atoms with van der Waals surface area (Å²) < 4.78 is 14.8. The van der Waals surface area contributed by atoms with E-state index in [4.69, 9.17) is 0 Å². The molecule has 0 bridgehead atoms. The fraction of sp³-hybridized carbons (Fsp3) is 0.571. The summed E-state index contributed by atoms with van der Waals surface area (Å²) in [7, 11) is 0. The molecule has 0 aliphatic carbocycles. The second-order valence-corrected chi connectivity index (χ2v) is 5.63. The minimum Gasteiger partial charge on any atom is -0.310 e. The van der Waals surface area contributed by atoms with Crippen LogP contribution in [-0.4, -0.2) is 6.54 Å². The van der Waals surface area contributed by atoms with E-state index in [0.29, 0.717) is 5.92 Å². The van der Waals surface area contributed by atoms with Crippen LogP contribution in [0, 0.1) is 11.7 Å². The van der Waals surface area contributed by atoms with Crippen LogP contribution in [0.4, 0.5) is 4.39 Å². The number of benzene rings is 1. The van der Waals surface area contributed by atoms with Crippen LogP contribution in [0.5, 0.6) is 0 Å². The predicted octanol–water partition coefficient (Wildman–Crippen LogP) is 4.68. The second kappa shape index (κ2) is 7.12. The van der Waals surface area contributed by atoms with Gasteiger partial charge in [-0.25, -0.2) is 4.39 Å². The van der Waals surface area contributed by atoms with Crippen LogP contribution in [0.25, 0.3) is 0 Å². The average molecular weight is 302 g/mol. The van der Waals surface area contributed by atoms with E-state index in [1.165, 1.54) is 6.07 Å². The van der Waals surface area contributed by atoms with Crippen LogP contribution >= 0.6 is 15.9 Å². The van der Waals surface area contributed by atoms with E-state index < -0.39 is 0 Å². The van der Waals surface area contributed by atoms with E-state index in [-0.39, 0.29) is 11.9 Å². The van der Waals surface area contributed by atoms with Crippen molar-refractivity contribution in [2.45, 2.75) is 39.7 Å². The molecule has 1 nitrogen and oxygen atoms in total. The van der Waals surface area contributed by atoms with Crippen LogP contribution in [0.1, 0.15) is 45.2 Å². The molecule has 3 heteroatoms. The Morgan fingerprint density at radius 3 is 2.59 bits per heavy atom. The van der Waals surface area contributed by atoms with Crippen molar-refractivity contribution in [2.24, 2.45) is 5.92 Å².